The second kappa shape index (κ2) is 6.39. The van der Waals surface area contributed by atoms with E-state index in [1.165, 1.54) is 10.4 Å². The quantitative estimate of drug-likeness (QED) is 0.853. The molecule has 2 heterocycles. The Morgan fingerprint density at radius 1 is 1.43 bits per heavy atom. The molecule has 0 aliphatic carbocycles. The number of aryl methyl sites for hydroxylation is 3. The lowest BCUT2D eigenvalue weighted by atomic mass is 10.1. The number of nitrogens with zero attached hydrogens (tertiary/aromatic N) is 4. The van der Waals surface area contributed by atoms with Gasteiger partial charge in [0.1, 0.15) is 11.6 Å². The Morgan fingerprint density at radius 2 is 2.14 bits per heavy atom. The normalized spacial score (nSPS) is 12.4. The molecule has 0 fully saturated rings. The van der Waals surface area contributed by atoms with Gasteiger partial charge >= 0.3 is 0 Å². The van der Waals surface area contributed by atoms with Crippen molar-refractivity contribution in [2.75, 3.05) is 7.05 Å². The van der Waals surface area contributed by atoms with Crippen molar-refractivity contribution in [2.24, 2.45) is 5.92 Å². The van der Waals surface area contributed by atoms with Crippen molar-refractivity contribution in [3.63, 3.8) is 0 Å². The van der Waals surface area contributed by atoms with Gasteiger partial charge in [0.15, 0.2) is 0 Å². The number of hydrogen-bond acceptors (Lipinski definition) is 4. The Kier molecular flexibility index (Phi) is 4.77. The lowest BCUT2D eigenvalue weighted by Crippen LogP contribution is -2.33. The van der Waals surface area contributed by atoms with E-state index in [4.69, 9.17) is 0 Å². The third-order valence-electron chi connectivity index (χ3n) is 3.56. The number of hydrogen-bond donors (Lipinski definition) is 0. The van der Waals surface area contributed by atoms with Crippen molar-refractivity contribution in [1.29, 1.82) is 0 Å². The Labute approximate surface area is 129 Å². The van der Waals surface area contributed by atoms with Crippen LogP contribution in [0, 0.1) is 26.7 Å². The van der Waals surface area contributed by atoms with Gasteiger partial charge in [0.2, 0.25) is 5.91 Å². The van der Waals surface area contributed by atoms with Gasteiger partial charge in [0.05, 0.1) is 19.0 Å². The molecule has 0 saturated carbocycles. The fourth-order valence-corrected chi connectivity index (χ4v) is 3.27. The van der Waals surface area contributed by atoms with Crippen LogP contribution in [-0.2, 0) is 17.9 Å². The zero-order chi connectivity index (χ0) is 15.6. The summed E-state index contributed by atoms with van der Waals surface area (Å²) in [6.07, 6.45) is 0. The van der Waals surface area contributed by atoms with Crippen LogP contribution in [0.15, 0.2) is 11.4 Å². The van der Waals surface area contributed by atoms with Crippen LogP contribution in [0.4, 0.5) is 0 Å². The Bertz CT molecular complexity index is 631. The van der Waals surface area contributed by atoms with Gasteiger partial charge in [-0.25, -0.2) is 9.67 Å². The largest absolute Gasteiger partial charge is 0.340 e. The fraction of sp³-hybridized carbons (Fsp3) is 0.533. The van der Waals surface area contributed by atoms with Crippen molar-refractivity contribution in [2.45, 2.75) is 40.8 Å². The van der Waals surface area contributed by atoms with Crippen LogP contribution in [-0.4, -0.2) is 32.6 Å². The number of carbonyl (C=O) groups excluding carboxylic acids is 1. The van der Waals surface area contributed by atoms with Gasteiger partial charge in [-0.1, -0.05) is 6.92 Å². The highest BCUT2D eigenvalue weighted by molar-refractivity contribution is 7.10. The van der Waals surface area contributed by atoms with Gasteiger partial charge in [-0.2, -0.15) is 5.10 Å². The van der Waals surface area contributed by atoms with Crippen molar-refractivity contribution in [3.8, 4) is 0 Å². The van der Waals surface area contributed by atoms with Crippen molar-refractivity contribution >= 4 is 17.2 Å². The van der Waals surface area contributed by atoms with Gasteiger partial charge < -0.3 is 4.90 Å². The summed E-state index contributed by atoms with van der Waals surface area (Å²) < 4.78 is 1.81. The highest BCUT2D eigenvalue weighted by Gasteiger charge is 2.20. The topological polar surface area (TPSA) is 51.0 Å². The number of carbonyl (C=O) groups is 1. The highest BCUT2D eigenvalue weighted by Crippen LogP contribution is 2.18. The van der Waals surface area contributed by atoms with Crippen LogP contribution in [0.1, 0.15) is 29.0 Å². The maximum absolute atomic E-state index is 12.5. The van der Waals surface area contributed by atoms with E-state index < -0.39 is 0 Å². The number of aromatic nitrogens is 3. The average molecular weight is 306 g/mol. The molecule has 114 valence electrons. The molecule has 5 nitrogen and oxygen atoms in total. The van der Waals surface area contributed by atoms with Crippen LogP contribution >= 0.6 is 11.3 Å². The van der Waals surface area contributed by atoms with E-state index >= 15 is 0 Å². The van der Waals surface area contributed by atoms with E-state index in [1.54, 1.807) is 16.2 Å². The first-order valence-electron chi connectivity index (χ1n) is 7.04. The number of thiophene rings is 1. The van der Waals surface area contributed by atoms with Gasteiger partial charge in [0, 0.05) is 11.9 Å². The highest BCUT2D eigenvalue weighted by atomic mass is 32.1. The molecule has 0 saturated heterocycles. The minimum atomic E-state index is -0.116. The zero-order valence-electron chi connectivity index (χ0n) is 13.3. The SMILES string of the molecule is Cc1nc(C)n(CC(C)C(=O)N(C)Cc2sccc2C)n1. The summed E-state index contributed by atoms with van der Waals surface area (Å²) in [4.78, 5) is 19.8. The van der Waals surface area contributed by atoms with Crippen LogP contribution in [0.3, 0.4) is 0 Å². The molecule has 1 atom stereocenters. The molecule has 0 N–H and O–H groups in total. The summed E-state index contributed by atoms with van der Waals surface area (Å²) in [6, 6.07) is 2.09. The number of rotatable bonds is 5. The van der Waals surface area contributed by atoms with E-state index in [0.29, 0.717) is 13.1 Å². The van der Waals surface area contributed by atoms with Crippen molar-refractivity contribution in [3.05, 3.63) is 33.5 Å². The summed E-state index contributed by atoms with van der Waals surface area (Å²) in [5.41, 5.74) is 1.25. The smallest absolute Gasteiger partial charge is 0.227 e. The Morgan fingerprint density at radius 3 is 2.67 bits per heavy atom. The van der Waals surface area contributed by atoms with Gasteiger partial charge in [0.25, 0.3) is 0 Å². The summed E-state index contributed by atoms with van der Waals surface area (Å²) in [6.45, 7) is 9.03. The Balaban J connectivity index is 1.98. The summed E-state index contributed by atoms with van der Waals surface area (Å²) in [7, 11) is 1.86. The van der Waals surface area contributed by atoms with Crippen molar-refractivity contribution < 1.29 is 4.79 Å². The standard InChI is InChI=1S/C15H22N4OS/c1-10-6-7-21-14(10)9-18(5)15(20)11(2)8-19-13(4)16-12(3)17-19/h6-7,11H,8-9H2,1-5H3. The minimum absolute atomic E-state index is 0.116. The maximum Gasteiger partial charge on any atom is 0.227 e. The molecular formula is C15H22N4OS. The first-order chi connectivity index (χ1) is 9.88. The lowest BCUT2D eigenvalue weighted by molar-refractivity contribution is -0.134. The molecule has 2 aromatic rings. The van der Waals surface area contributed by atoms with Crippen LogP contribution < -0.4 is 0 Å². The molecule has 2 aromatic heterocycles. The number of amides is 1. The van der Waals surface area contributed by atoms with E-state index in [2.05, 4.69) is 28.5 Å². The molecule has 1 unspecified atom stereocenters. The van der Waals surface area contributed by atoms with E-state index in [-0.39, 0.29) is 11.8 Å². The summed E-state index contributed by atoms with van der Waals surface area (Å²) in [5.74, 6) is 1.61. The molecule has 0 aliphatic heterocycles. The molecular weight excluding hydrogens is 284 g/mol. The molecule has 0 aromatic carbocycles. The van der Waals surface area contributed by atoms with Gasteiger partial charge in [-0.15, -0.1) is 11.3 Å². The molecule has 21 heavy (non-hydrogen) atoms. The third-order valence-corrected chi connectivity index (χ3v) is 4.56. The second-order valence-electron chi connectivity index (χ2n) is 5.51. The zero-order valence-corrected chi connectivity index (χ0v) is 14.1. The second-order valence-corrected chi connectivity index (χ2v) is 6.51. The molecule has 0 radical (unpaired) electrons. The first-order valence-corrected chi connectivity index (χ1v) is 7.92. The predicted octanol–water partition coefficient (Wildman–Crippen LogP) is 2.56. The van der Waals surface area contributed by atoms with Crippen LogP contribution in [0.2, 0.25) is 0 Å². The molecule has 0 bridgehead atoms. The molecule has 0 spiro atoms. The van der Waals surface area contributed by atoms with Crippen molar-refractivity contribution in [1.82, 2.24) is 19.7 Å². The molecule has 1 amide bonds. The molecule has 0 aliphatic rings. The van der Waals surface area contributed by atoms with Gasteiger partial charge in [-0.3, -0.25) is 4.79 Å². The fourth-order valence-electron chi connectivity index (χ4n) is 2.31. The maximum atomic E-state index is 12.5. The average Bonchev–Trinajstić information content (AvgIpc) is 2.95. The van der Waals surface area contributed by atoms with Gasteiger partial charge in [-0.05, 0) is 37.8 Å². The van der Waals surface area contributed by atoms with E-state index in [0.717, 1.165) is 11.6 Å². The molecule has 2 rings (SSSR count). The third kappa shape index (κ3) is 3.69. The van der Waals surface area contributed by atoms with E-state index in [1.807, 2.05) is 32.5 Å². The van der Waals surface area contributed by atoms with Crippen LogP contribution in [0.25, 0.3) is 0 Å². The monoisotopic (exact) mass is 306 g/mol. The van der Waals surface area contributed by atoms with Crippen LogP contribution in [0.5, 0.6) is 0 Å². The first kappa shape index (κ1) is 15.7. The predicted molar refractivity (Wildman–Crippen MR) is 84.2 cm³/mol. The van der Waals surface area contributed by atoms with E-state index in [9.17, 15) is 4.79 Å². The molecule has 6 heteroatoms. The lowest BCUT2D eigenvalue weighted by Gasteiger charge is -2.21. The summed E-state index contributed by atoms with van der Waals surface area (Å²) in [5, 5.41) is 6.38. The summed E-state index contributed by atoms with van der Waals surface area (Å²) >= 11 is 1.70. The Hall–Kier alpha value is -1.69. The minimum Gasteiger partial charge on any atom is -0.340 e.